The van der Waals surface area contributed by atoms with E-state index < -0.39 is 0 Å². The van der Waals surface area contributed by atoms with Gasteiger partial charge < -0.3 is 15.5 Å². The van der Waals surface area contributed by atoms with E-state index in [1.807, 2.05) is 97.9 Å². The number of carbonyl (C=O) groups excluding carboxylic acids is 1. The van der Waals surface area contributed by atoms with Crippen LogP contribution in [0.2, 0.25) is 0 Å². The second kappa shape index (κ2) is 11.0. The van der Waals surface area contributed by atoms with Crippen LogP contribution in [-0.2, 0) is 4.79 Å². The number of amides is 1. The largest absolute Gasteiger partial charge is 0.341 e. The fourth-order valence-electron chi connectivity index (χ4n) is 4.64. The van der Waals surface area contributed by atoms with Gasteiger partial charge in [-0.15, -0.1) is 0 Å². The van der Waals surface area contributed by atoms with Crippen LogP contribution < -0.4 is 15.5 Å². The van der Waals surface area contributed by atoms with E-state index in [2.05, 4.69) is 20.5 Å². The molecule has 0 bridgehead atoms. The summed E-state index contributed by atoms with van der Waals surface area (Å²) in [6, 6.07) is 29.4. The molecule has 182 valence electrons. The first-order valence-corrected chi connectivity index (χ1v) is 12.5. The predicted molar refractivity (Wildman–Crippen MR) is 146 cm³/mol. The molecule has 1 fully saturated rings. The van der Waals surface area contributed by atoms with E-state index in [4.69, 9.17) is 4.98 Å². The van der Waals surface area contributed by atoms with Gasteiger partial charge in [-0.25, -0.2) is 4.98 Å². The summed E-state index contributed by atoms with van der Waals surface area (Å²) >= 11 is 0. The number of anilines is 4. The Balaban J connectivity index is 1.29. The van der Waals surface area contributed by atoms with Crippen LogP contribution in [-0.4, -0.2) is 29.0 Å². The molecule has 4 aromatic rings. The molecule has 0 atom stereocenters. The minimum atomic E-state index is -0.387. The number of benzene rings is 3. The van der Waals surface area contributed by atoms with Crippen molar-refractivity contribution in [1.29, 1.82) is 0 Å². The zero-order chi connectivity index (χ0) is 24.7. The molecule has 3 aromatic carbocycles. The molecule has 0 spiro atoms. The SMILES string of the molecule is Cc1cc(Nc2ccc(NC(=O)C(c3ccccc3)c3ccccc3)cc2)nc(N2CCCCC2)n1. The molecule has 36 heavy (non-hydrogen) atoms. The number of aromatic nitrogens is 2. The Morgan fingerprint density at radius 1 is 0.778 bits per heavy atom. The van der Waals surface area contributed by atoms with Gasteiger partial charge in [-0.1, -0.05) is 60.7 Å². The van der Waals surface area contributed by atoms with Crippen LogP contribution in [0.15, 0.2) is 91.0 Å². The van der Waals surface area contributed by atoms with Crippen LogP contribution in [0.25, 0.3) is 0 Å². The molecule has 2 N–H and O–H groups in total. The highest BCUT2D eigenvalue weighted by Gasteiger charge is 2.22. The third-order valence-corrected chi connectivity index (χ3v) is 6.43. The van der Waals surface area contributed by atoms with Crippen LogP contribution in [0.5, 0.6) is 0 Å². The topological polar surface area (TPSA) is 70.2 Å². The van der Waals surface area contributed by atoms with Crippen molar-refractivity contribution in [3.05, 3.63) is 108 Å². The van der Waals surface area contributed by atoms with E-state index in [9.17, 15) is 4.79 Å². The number of nitrogens with one attached hydrogen (secondary N) is 2. The molecule has 0 saturated carbocycles. The van der Waals surface area contributed by atoms with E-state index in [0.717, 1.165) is 53.1 Å². The molecule has 6 heteroatoms. The lowest BCUT2D eigenvalue weighted by atomic mass is 9.90. The Bertz CT molecular complexity index is 1250. The van der Waals surface area contributed by atoms with Crippen LogP contribution in [0.4, 0.5) is 23.1 Å². The maximum Gasteiger partial charge on any atom is 0.236 e. The van der Waals surface area contributed by atoms with Crippen molar-refractivity contribution >= 4 is 29.0 Å². The maximum atomic E-state index is 13.4. The van der Waals surface area contributed by atoms with E-state index in [-0.39, 0.29) is 11.8 Å². The number of hydrogen-bond donors (Lipinski definition) is 2. The Kier molecular flexibility index (Phi) is 7.22. The summed E-state index contributed by atoms with van der Waals surface area (Å²) in [5, 5.41) is 6.48. The van der Waals surface area contributed by atoms with Crippen molar-refractivity contribution in [1.82, 2.24) is 9.97 Å². The molecule has 5 rings (SSSR count). The van der Waals surface area contributed by atoms with Gasteiger partial charge in [0.2, 0.25) is 11.9 Å². The van der Waals surface area contributed by atoms with E-state index in [1.165, 1.54) is 19.3 Å². The number of rotatable bonds is 7. The normalized spacial score (nSPS) is 13.4. The van der Waals surface area contributed by atoms with Crippen molar-refractivity contribution in [3.8, 4) is 0 Å². The highest BCUT2D eigenvalue weighted by molar-refractivity contribution is 5.98. The highest BCUT2D eigenvalue weighted by atomic mass is 16.1. The zero-order valence-electron chi connectivity index (χ0n) is 20.5. The second-order valence-electron chi connectivity index (χ2n) is 9.19. The molecule has 6 nitrogen and oxygen atoms in total. The molecule has 1 saturated heterocycles. The molecule has 1 aromatic heterocycles. The molecule has 1 aliphatic rings. The monoisotopic (exact) mass is 477 g/mol. The number of aryl methyl sites for hydroxylation is 1. The Morgan fingerprint density at radius 2 is 1.36 bits per heavy atom. The van der Waals surface area contributed by atoms with E-state index in [0.29, 0.717) is 0 Å². The summed E-state index contributed by atoms with van der Waals surface area (Å²) < 4.78 is 0. The Hall–Kier alpha value is -4.19. The average Bonchev–Trinajstić information content (AvgIpc) is 2.91. The minimum Gasteiger partial charge on any atom is -0.341 e. The number of piperidine rings is 1. The fourth-order valence-corrected chi connectivity index (χ4v) is 4.64. The first-order chi connectivity index (χ1) is 17.7. The quantitative estimate of drug-likeness (QED) is 0.327. The standard InChI is InChI=1S/C30H31N5O/c1-22-21-27(34-30(31-22)35-19-9-4-10-20-35)32-25-15-17-26(18-16-25)33-29(36)28(23-11-5-2-6-12-23)24-13-7-3-8-14-24/h2-3,5-8,11-18,21,28H,4,9-10,19-20H2,1H3,(H,33,36)(H,31,32,34). The average molecular weight is 478 g/mol. The van der Waals surface area contributed by atoms with Gasteiger partial charge in [0.1, 0.15) is 5.82 Å². The summed E-state index contributed by atoms with van der Waals surface area (Å²) in [5.74, 6) is 1.11. The minimum absolute atomic E-state index is 0.0642. The summed E-state index contributed by atoms with van der Waals surface area (Å²) in [5.41, 5.74) is 4.50. The van der Waals surface area contributed by atoms with Crippen LogP contribution >= 0.6 is 0 Å². The van der Waals surface area contributed by atoms with Gasteiger partial charge in [-0.05, 0) is 61.6 Å². The lowest BCUT2D eigenvalue weighted by Crippen LogP contribution is -2.31. The van der Waals surface area contributed by atoms with Crippen molar-refractivity contribution in [2.75, 3.05) is 28.6 Å². The molecule has 0 radical (unpaired) electrons. The lowest BCUT2D eigenvalue weighted by Gasteiger charge is -2.27. The first kappa shape index (κ1) is 23.5. The summed E-state index contributed by atoms with van der Waals surface area (Å²) in [6.07, 6.45) is 3.64. The van der Waals surface area contributed by atoms with Crippen molar-refractivity contribution in [2.24, 2.45) is 0 Å². The third-order valence-electron chi connectivity index (χ3n) is 6.43. The van der Waals surface area contributed by atoms with Gasteiger partial charge in [0.25, 0.3) is 0 Å². The van der Waals surface area contributed by atoms with Gasteiger partial charge >= 0.3 is 0 Å². The zero-order valence-corrected chi connectivity index (χ0v) is 20.5. The molecule has 0 aliphatic carbocycles. The molecular formula is C30H31N5O. The smallest absolute Gasteiger partial charge is 0.236 e. The Morgan fingerprint density at radius 3 is 1.97 bits per heavy atom. The highest BCUT2D eigenvalue weighted by Crippen LogP contribution is 2.27. The summed E-state index contributed by atoms with van der Waals surface area (Å²) in [4.78, 5) is 25.0. The predicted octanol–water partition coefficient (Wildman–Crippen LogP) is 6.29. The van der Waals surface area contributed by atoms with Crippen molar-refractivity contribution in [2.45, 2.75) is 32.1 Å². The van der Waals surface area contributed by atoms with Gasteiger partial charge in [0.15, 0.2) is 0 Å². The molecule has 1 aliphatic heterocycles. The number of nitrogens with zero attached hydrogens (tertiary/aromatic N) is 3. The van der Waals surface area contributed by atoms with Gasteiger partial charge in [-0.3, -0.25) is 4.79 Å². The van der Waals surface area contributed by atoms with E-state index >= 15 is 0 Å². The maximum absolute atomic E-state index is 13.4. The van der Waals surface area contributed by atoms with Crippen molar-refractivity contribution < 1.29 is 4.79 Å². The molecular weight excluding hydrogens is 446 g/mol. The molecule has 2 heterocycles. The van der Waals surface area contributed by atoms with Crippen LogP contribution in [0.1, 0.15) is 42.0 Å². The third kappa shape index (κ3) is 5.71. The van der Waals surface area contributed by atoms with Gasteiger partial charge in [-0.2, -0.15) is 4.98 Å². The fraction of sp³-hybridized carbons (Fsp3) is 0.233. The lowest BCUT2D eigenvalue weighted by molar-refractivity contribution is -0.116. The number of hydrogen-bond acceptors (Lipinski definition) is 5. The Labute approximate surface area is 212 Å². The summed E-state index contributed by atoms with van der Waals surface area (Å²) in [7, 11) is 0. The number of carbonyl (C=O) groups is 1. The first-order valence-electron chi connectivity index (χ1n) is 12.5. The molecule has 1 amide bonds. The molecule has 0 unspecified atom stereocenters. The van der Waals surface area contributed by atoms with Crippen LogP contribution in [0.3, 0.4) is 0 Å². The van der Waals surface area contributed by atoms with Crippen molar-refractivity contribution in [3.63, 3.8) is 0 Å². The van der Waals surface area contributed by atoms with Gasteiger partial charge in [0.05, 0.1) is 5.92 Å². The van der Waals surface area contributed by atoms with Crippen LogP contribution in [0, 0.1) is 6.92 Å². The van der Waals surface area contributed by atoms with E-state index in [1.54, 1.807) is 0 Å². The van der Waals surface area contributed by atoms with Gasteiger partial charge in [0, 0.05) is 36.2 Å². The summed E-state index contributed by atoms with van der Waals surface area (Å²) in [6.45, 7) is 4.00. The second-order valence-corrected chi connectivity index (χ2v) is 9.19.